The molecule has 1 aromatic rings. The molecular weight excluding hydrogens is 270 g/mol. The third-order valence-corrected chi connectivity index (χ3v) is 3.85. The Kier molecular flexibility index (Phi) is 4.83. The van der Waals surface area contributed by atoms with Crippen LogP contribution in [0.1, 0.15) is 43.0 Å². The average molecular weight is 291 g/mol. The number of ether oxygens (including phenoxy) is 1. The van der Waals surface area contributed by atoms with E-state index in [0.29, 0.717) is 18.7 Å². The van der Waals surface area contributed by atoms with Crippen LogP contribution in [-0.2, 0) is 4.79 Å². The van der Waals surface area contributed by atoms with Crippen LogP contribution < -0.4 is 4.74 Å². The van der Waals surface area contributed by atoms with Gasteiger partial charge in [-0.25, -0.2) is 0 Å². The molecule has 0 bridgehead atoms. The highest BCUT2D eigenvalue weighted by Crippen LogP contribution is 2.28. The van der Waals surface area contributed by atoms with Gasteiger partial charge in [-0.2, -0.15) is 0 Å². The SMILES string of the molecule is COc1ccc(C(=O)N2CCCCC2CC(C)=O)c(O)c1. The number of hydrogen-bond acceptors (Lipinski definition) is 4. The van der Waals surface area contributed by atoms with Crippen molar-refractivity contribution < 1.29 is 19.4 Å². The molecular formula is C16H21NO4. The second kappa shape index (κ2) is 6.61. The third kappa shape index (κ3) is 3.54. The van der Waals surface area contributed by atoms with E-state index in [4.69, 9.17) is 4.74 Å². The highest BCUT2D eigenvalue weighted by Gasteiger charge is 2.29. The summed E-state index contributed by atoms with van der Waals surface area (Å²) in [4.78, 5) is 25.7. The molecule has 0 saturated carbocycles. The highest BCUT2D eigenvalue weighted by atomic mass is 16.5. The molecule has 114 valence electrons. The number of rotatable bonds is 4. The predicted molar refractivity (Wildman–Crippen MR) is 78.6 cm³/mol. The molecule has 0 radical (unpaired) electrons. The Labute approximate surface area is 124 Å². The van der Waals surface area contributed by atoms with Crippen molar-refractivity contribution in [3.05, 3.63) is 23.8 Å². The van der Waals surface area contributed by atoms with Crippen molar-refractivity contribution in [1.82, 2.24) is 4.90 Å². The van der Waals surface area contributed by atoms with E-state index < -0.39 is 0 Å². The first-order valence-electron chi connectivity index (χ1n) is 7.20. The Morgan fingerprint density at radius 1 is 1.38 bits per heavy atom. The Bertz CT molecular complexity index is 541. The lowest BCUT2D eigenvalue weighted by Gasteiger charge is -2.35. The zero-order valence-corrected chi connectivity index (χ0v) is 12.5. The molecule has 21 heavy (non-hydrogen) atoms. The molecule has 1 amide bonds. The molecule has 1 heterocycles. The van der Waals surface area contributed by atoms with Gasteiger partial charge < -0.3 is 14.7 Å². The summed E-state index contributed by atoms with van der Waals surface area (Å²) >= 11 is 0. The van der Waals surface area contributed by atoms with Gasteiger partial charge in [0.25, 0.3) is 5.91 Å². The smallest absolute Gasteiger partial charge is 0.257 e. The maximum absolute atomic E-state index is 12.6. The molecule has 1 N–H and O–H groups in total. The number of phenols is 1. The fourth-order valence-corrected chi connectivity index (χ4v) is 2.79. The molecule has 5 heteroatoms. The summed E-state index contributed by atoms with van der Waals surface area (Å²) in [6.07, 6.45) is 3.16. The van der Waals surface area contributed by atoms with Crippen LogP contribution in [0, 0.1) is 0 Å². The monoisotopic (exact) mass is 291 g/mol. The minimum Gasteiger partial charge on any atom is -0.507 e. The summed E-state index contributed by atoms with van der Waals surface area (Å²) in [7, 11) is 1.50. The van der Waals surface area contributed by atoms with Crippen molar-refractivity contribution in [2.45, 2.75) is 38.6 Å². The number of methoxy groups -OCH3 is 1. The second-order valence-electron chi connectivity index (χ2n) is 5.44. The second-order valence-corrected chi connectivity index (χ2v) is 5.44. The molecule has 2 rings (SSSR count). The number of benzene rings is 1. The van der Waals surface area contributed by atoms with E-state index in [1.807, 2.05) is 0 Å². The Morgan fingerprint density at radius 3 is 2.76 bits per heavy atom. The number of Topliss-reactive ketones (excluding diaryl/α,β-unsaturated/α-hetero) is 1. The van der Waals surface area contributed by atoms with E-state index in [1.54, 1.807) is 24.0 Å². The number of ketones is 1. The molecule has 0 aliphatic carbocycles. The van der Waals surface area contributed by atoms with Crippen molar-refractivity contribution in [3.63, 3.8) is 0 Å². The van der Waals surface area contributed by atoms with Crippen molar-refractivity contribution >= 4 is 11.7 Å². The number of nitrogens with zero attached hydrogens (tertiary/aromatic N) is 1. The van der Waals surface area contributed by atoms with E-state index >= 15 is 0 Å². The zero-order valence-electron chi connectivity index (χ0n) is 12.5. The van der Waals surface area contributed by atoms with Gasteiger partial charge in [0, 0.05) is 25.1 Å². The number of hydrogen-bond donors (Lipinski definition) is 1. The number of amides is 1. The van der Waals surface area contributed by atoms with Crippen LogP contribution in [0.5, 0.6) is 11.5 Å². The number of aromatic hydroxyl groups is 1. The van der Waals surface area contributed by atoms with Gasteiger partial charge >= 0.3 is 0 Å². The summed E-state index contributed by atoms with van der Waals surface area (Å²) < 4.78 is 5.02. The lowest BCUT2D eigenvalue weighted by molar-refractivity contribution is -0.118. The van der Waals surface area contributed by atoms with Crippen LogP contribution in [0.25, 0.3) is 0 Å². The summed E-state index contributed by atoms with van der Waals surface area (Å²) in [6.45, 7) is 2.17. The van der Waals surface area contributed by atoms with E-state index in [-0.39, 0.29) is 29.0 Å². The maximum atomic E-state index is 12.6. The topological polar surface area (TPSA) is 66.8 Å². The zero-order chi connectivity index (χ0) is 15.4. The molecule has 5 nitrogen and oxygen atoms in total. The minimum atomic E-state index is -0.221. The van der Waals surface area contributed by atoms with Crippen LogP contribution in [0.3, 0.4) is 0 Å². The fourth-order valence-electron chi connectivity index (χ4n) is 2.79. The Hall–Kier alpha value is -2.04. The summed E-state index contributed by atoms with van der Waals surface area (Å²) in [5.41, 5.74) is 0.256. The minimum absolute atomic E-state index is 0.0646. The largest absolute Gasteiger partial charge is 0.507 e. The number of likely N-dealkylation sites (tertiary alicyclic amines) is 1. The van der Waals surface area contributed by atoms with E-state index in [1.165, 1.54) is 13.2 Å². The molecule has 1 unspecified atom stereocenters. The van der Waals surface area contributed by atoms with Crippen LogP contribution in [0.2, 0.25) is 0 Å². The van der Waals surface area contributed by atoms with Crippen LogP contribution in [0.15, 0.2) is 18.2 Å². The lowest BCUT2D eigenvalue weighted by Crippen LogP contribution is -2.44. The van der Waals surface area contributed by atoms with Crippen LogP contribution in [-0.4, -0.2) is 41.4 Å². The van der Waals surface area contributed by atoms with E-state index in [0.717, 1.165) is 19.3 Å². The first-order valence-corrected chi connectivity index (χ1v) is 7.20. The lowest BCUT2D eigenvalue weighted by atomic mass is 9.96. The quantitative estimate of drug-likeness (QED) is 0.925. The van der Waals surface area contributed by atoms with Crippen molar-refractivity contribution in [2.24, 2.45) is 0 Å². The van der Waals surface area contributed by atoms with Crippen molar-refractivity contribution in [2.75, 3.05) is 13.7 Å². The van der Waals surface area contributed by atoms with Gasteiger partial charge in [-0.1, -0.05) is 0 Å². The number of piperidine rings is 1. The van der Waals surface area contributed by atoms with Crippen LogP contribution in [0.4, 0.5) is 0 Å². The predicted octanol–water partition coefficient (Wildman–Crippen LogP) is 2.37. The molecule has 1 saturated heterocycles. The van der Waals surface area contributed by atoms with Gasteiger partial charge in [0.1, 0.15) is 17.3 Å². The van der Waals surface area contributed by atoms with Gasteiger partial charge in [-0.3, -0.25) is 9.59 Å². The van der Waals surface area contributed by atoms with Gasteiger partial charge in [0.05, 0.1) is 12.7 Å². The number of carbonyl (C=O) groups excluding carboxylic acids is 2. The molecule has 0 aromatic heterocycles. The van der Waals surface area contributed by atoms with Gasteiger partial charge in [0.2, 0.25) is 0 Å². The third-order valence-electron chi connectivity index (χ3n) is 3.85. The molecule has 1 aromatic carbocycles. The fraction of sp³-hybridized carbons (Fsp3) is 0.500. The molecule has 1 aliphatic heterocycles. The summed E-state index contributed by atoms with van der Waals surface area (Å²) in [6, 6.07) is 4.58. The standard InChI is InChI=1S/C16H21NO4/c1-11(18)9-12-5-3-4-8-17(12)16(20)14-7-6-13(21-2)10-15(14)19/h6-7,10,12,19H,3-5,8-9H2,1-2H3. The number of phenolic OH excluding ortho intramolecular Hbond substituents is 1. The Morgan fingerprint density at radius 2 is 2.14 bits per heavy atom. The summed E-state index contributed by atoms with van der Waals surface area (Å²) in [5.74, 6) is 0.272. The first-order chi connectivity index (χ1) is 10.0. The molecule has 1 atom stereocenters. The van der Waals surface area contributed by atoms with E-state index in [2.05, 4.69) is 0 Å². The van der Waals surface area contributed by atoms with Crippen molar-refractivity contribution in [1.29, 1.82) is 0 Å². The highest BCUT2D eigenvalue weighted by molar-refractivity contribution is 5.97. The molecule has 1 fully saturated rings. The van der Waals surface area contributed by atoms with Gasteiger partial charge in [-0.05, 0) is 38.3 Å². The van der Waals surface area contributed by atoms with Gasteiger partial charge in [-0.15, -0.1) is 0 Å². The Balaban J connectivity index is 2.22. The maximum Gasteiger partial charge on any atom is 0.257 e. The van der Waals surface area contributed by atoms with Gasteiger partial charge in [0.15, 0.2) is 0 Å². The first kappa shape index (κ1) is 15.4. The summed E-state index contributed by atoms with van der Waals surface area (Å²) in [5, 5.41) is 10.00. The molecule has 0 spiro atoms. The average Bonchev–Trinajstić information content (AvgIpc) is 2.46. The van der Waals surface area contributed by atoms with Crippen LogP contribution >= 0.6 is 0 Å². The number of carbonyl (C=O) groups is 2. The molecule has 1 aliphatic rings. The van der Waals surface area contributed by atoms with E-state index in [9.17, 15) is 14.7 Å². The normalized spacial score (nSPS) is 18.4. The van der Waals surface area contributed by atoms with Crippen molar-refractivity contribution in [3.8, 4) is 11.5 Å².